The average Bonchev–Trinajstić information content (AvgIpc) is 2.84. The van der Waals surface area contributed by atoms with Gasteiger partial charge in [-0.25, -0.2) is 0 Å². The van der Waals surface area contributed by atoms with E-state index in [4.69, 9.17) is 4.74 Å². The molecule has 1 aromatic heterocycles. The highest BCUT2D eigenvalue weighted by Gasteiger charge is 2.27. The van der Waals surface area contributed by atoms with Crippen LogP contribution in [0.4, 0.5) is 0 Å². The van der Waals surface area contributed by atoms with Gasteiger partial charge in [0.05, 0.1) is 7.11 Å². The Labute approximate surface area is 101 Å². The van der Waals surface area contributed by atoms with Gasteiger partial charge >= 0.3 is 0 Å². The van der Waals surface area contributed by atoms with Gasteiger partial charge in [-0.2, -0.15) is 0 Å². The van der Waals surface area contributed by atoms with Crippen LogP contribution in [0.1, 0.15) is 16.1 Å². The van der Waals surface area contributed by atoms with E-state index in [9.17, 15) is 4.79 Å². The van der Waals surface area contributed by atoms with Crippen LogP contribution in [0.3, 0.4) is 0 Å². The zero-order chi connectivity index (χ0) is 10.8. The van der Waals surface area contributed by atoms with Crippen LogP contribution in [0.2, 0.25) is 0 Å². The molecule has 5 heteroatoms. The number of rotatable bonds is 2. The maximum atomic E-state index is 12.1. The summed E-state index contributed by atoms with van der Waals surface area (Å²) in [6, 6.07) is 1.83. The number of carbonyl (C=O) groups excluding carboxylic acids is 1. The standard InChI is InChI=1S/C10H12BrNO2S/c1-14-8-3-5-15-9(8)10(13)12-4-2-7(11)6-12/h3,5,7H,2,4,6H2,1H3. The van der Waals surface area contributed by atoms with Gasteiger partial charge in [-0.1, -0.05) is 15.9 Å². The average molecular weight is 290 g/mol. The monoisotopic (exact) mass is 289 g/mol. The lowest BCUT2D eigenvalue weighted by Crippen LogP contribution is -2.28. The summed E-state index contributed by atoms with van der Waals surface area (Å²) in [6.07, 6.45) is 1.03. The SMILES string of the molecule is COc1ccsc1C(=O)N1CCC(Br)C1. The van der Waals surface area contributed by atoms with Crippen LogP contribution in [-0.2, 0) is 0 Å². The number of hydrogen-bond donors (Lipinski definition) is 0. The summed E-state index contributed by atoms with van der Waals surface area (Å²) in [5, 5.41) is 1.88. The fourth-order valence-corrected chi connectivity index (χ4v) is 3.04. The third-order valence-electron chi connectivity index (χ3n) is 2.46. The van der Waals surface area contributed by atoms with E-state index in [1.165, 1.54) is 11.3 Å². The minimum absolute atomic E-state index is 0.0869. The molecule has 0 aliphatic carbocycles. The predicted molar refractivity (Wildman–Crippen MR) is 64.1 cm³/mol. The molecule has 1 saturated heterocycles. The van der Waals surface area contributed by atoms with Crippen LogP contribution in [0, 0.1) is 0 Å². The van der Waals surface area contributed by atoms with E-state index in [2.05, 4.69) is 15.9 Å². The molecule has 0 spiro atoms. The van der Waals surface area contributed by atoms with Crippen molar-refractivity contribution in [2.24, 2.45) is 0 Å². The predicted octanol–water partition coefficient (Wildman–Crippen LogP) is 2.37. The molecule has 1 aliphatic heterocycles. The lowest BCUT2D eigenvalue weighted by molar-refractivity contribution is 0.0795. The minimum Gasteiger partial charge on any atom is -0.495 e. The molecule has 1 atom stereocenters. The van der Waals surface area contributed by atoms with Crippen molar-refractivity contribution in [3.8, 4) is 5.75 Å². The van der Waals surface area contributed by atoms with Crippen molar-refractivity contribution >= 4 is 33.2 Å². The smallest absolute Gasteiger partial charge is 0.267 e. The van der Waals surface area contributed by atoms with Crippen LogP contribution >= 0.6 is 27.3 Å². The van der Waals surface area contributed by atoms with E-state index in [-0.39, 0.29) is 5.91 Å². The van der Waals surface area contributed by atoms with Gasteiger partial charge in [0.1, 0.15) is 10.6 Å². The Balaban J connectivity index is 2.14. The van der Waals surface area contributed by atoms with E-state index >= 15 is 0 Å². The first-order valence-electron chi connectivity index (χ1n) is 4.77. The van der Waals surface area contributed by atoms with Gasteiger partial charge in [0.25, 0.3) is 5.91 Å². The number of amides is 1. The van der Waals surface area contributed by atoms with Gasteiger partial charge in [0.15, 0.2) is 0 Å². The number of hydrogen-bond acceptors (Lipinski definition) is 3. The van der Waals surface area contributed by atoms with Crippen LogP contribution in [0.5, 0.6) is 5.75 Å². The Morgan fingerprint density at radius 1 is 1.73 bits per heavy atom. The molecule has 2 heterocycles. The van der Waals surface area contributed by atoms with Crippen molar-refractivity contribution in [3.63, 3.8) is 0 Å². The van der Waals surface area contributed by atoms with Crippen LogP contribution < -0.4 is 4.74 Å². The topological polar surface area (TPSA) is 29.5 Å². The number of likely N-dealkylation sites (tertiary alicyclic amines) is 1. The highest BCUT2D eigenvalue weighted by molar-refractivity contribution is 9.09. The third kappa shape index (κ3) is 2.18. The van der Waals surface area contributed by atoms with E-state index in [0.717, 1.165) is 19.5 Å². The van der Waals surface area contributed by atoms with E-state index < -0.39 is 0 Å². The van der Waals surface area contributed by atoms with Crippen LogP contribution in [-0.4, -0.2) is 35.8 Å². The normalized spacial score (nSPS) is 20.7. The van der Waals surface area contributed by atoms with Crippen molar-refractivity contribution in [1.29, 1.82) is 0 Å². The summed E-state index contributed by atoms with van der Waals surface area (Å²) in [4.78, 5) is 15.1. The first-order chi connectivity index (χ1) is 7.22. The van der Waals surface area contributed by atoms with Crippen molar-refractivity contribution in [1.82, 2.24) is 4.90 Å². The molecule has 1 amide bonds. The summed E-state index contributed by atoms with van der Waals surface area (Å²) in [6.45, 7) is 1.62. The highest BCUT2D eigenvalue weighted by Crippen LogP contribution is 2.28. The Kier molecular flexibility index (Phi) is 3.31. The van der Waals surface area contributed by atoms with Crippen molar-refractivity contribution in [2.75, 3.05) is 20.2 Å². The second-order valence-electron chi connectivity index (χ2n) is 3.46. The minimum atomic E-state index is 0.0869. The lowest BCUT2D eigenvalue weighted by Gasteiger charge is -2.14. The summed E-state index contributed by atoms with van der Waals surface area (Å²) in [5.74, 6) is 0.770. The van der Waals surface area contributed by atoms with Gasteiger partial charge < -0.3 is 9.64 Å². The first kappa shape index (κ1) is 11.0. The van der Waals surface area contributed by atoms with Crippen molar-refractivity contribution in [2.45, 2.75) is 11.2 Å². The molecule has 1 fully saturated rings. The molecule has 1 aromatic rings. The number of alkyl halides is 1. The molecule has 0 radical (unpaired) electrons. The quantitative estimate of drug-likeness (QED) is 0.783. The number of methoxy groups -OCH3 is 1. The summed E-state index contributed by atoms with van der Waals surface area (Å²) in [7, 11) is 1.59. The lowest BCUT2D eigenvalue weighted by atomic mass is 10.4. The van der Waals surface area contributed by atoms with Crippen LogP contribution in [0.25, 0.3) is 0 Å². The van der Waals surface area contributed by atoms with Gasteiger partial charge in [-0.05, 0) is 17.9 Å². The second kappa shape index (κ2) is 4.53. The highest BCUT2D eigenvalue weighted by atomic mass is 79.9. The van der Waals surface area contributed by atoms with Gasteiger partial charge in [0, 0.05) is 17.9 Å². The Bertz CT molecular complexity index is 366. The fourth-order valence-electron chi connectivity index (χ4n) is 1.66. The van der Waals surface area contributed by atoms with E-state index in [1.54, 1.807) is 7.11 Å². The third-order valence-corrected chi connectivity index (χ3v) is 4.09. The molecule has 0 N–H and O–H groups in total. The van der Waals surface area contributed by atoms with Gasteiger partial charge in [0.2, 0.25) is 0 Å². The first-order valence-corrected chi connectivity index (χ1v) is 6.56. The molecule has 0 bridgehead atoms. The molecule has 2 rings (SSSR count). The Morgan fingerprint density at radius 2 is 2.53 bits per heavy atom. The molecule has 82 valence electrons. The molecule has 0 saturated carbocycles. The number of thiophene rings is 1. The molecular formula is C10H12BrNO2S. The zero-order valence-electron chi connectivity index (χ0n) is 8.40. The second-order valence-corrected chi connectivity index (χ2v) is 5.67. The summed E-state index contributed by atoms with van der Waals surface area (Å²) in [5.41, 5.74) is 0. The molecule has 0 aromatic carbocycles. The number of carbonyl (C=O) groups is 1. The molecule has 15 heavy (non-hydrogen) atoms. The number of nitrogens with zero attached hydrogens (tertiary/aromatic N) is 1. The maximum absolute atomic E-state index is 12.1. The number of halogens is 1. The molecular weight excluding hydrogens is 278 g/mol. The van der Waals surface area contributed by atoms with Gasteiger partial charge in [-0.15, -0.1) is 11.3 Å². The molecule has 3 nitrogen and oxygen atoms in total. The van der Waals surface area contributed by atoms with Crippen LogP contribution in [0.15, 0.2) is 11.4 Å². The molecule has 1 unspecified atom stereocenters. The zero-order valence-corrected chi connectivity index (χ0v) is 10.8. The Hall–Kier alpha value is -0.550. The largest absolute Gasteiger partial charge is 0.495 e. The van der Waals surface area contributed by atoms with Crippen molar-refractivity contribution < 1.29 is 9.53 Å². The van der Waals surface area contributed by atoms with E-state index in [1.807, 2.05) is 16.3 Å². The Morgan fingerprint density at radius 3 is 3.13 bits per heavy atom. The molecule has 1 aliphatic rings. The summed E-state index contributed by atoms with van der Waals surface area (Å²) < 4.78 is 5.14. The maximum Gasteiger partial charge on any atom is 0.267 e. The van der Waals surface area contributed by atoms with Gasteiger partial charge in [-0.3, -0.25) is 4.79 Å². The van der Waals surface area contributed by atoms with E-state index in [0.29, 0.717) is 15.5 Å². The van der Waals surface area contributed by atoms with Crippen molar-refractivity contribution in [3.05, 3.63) is 16.3 Å². The number of ether oxygens (including phenoxy) is 1. The fraction of sp³-hybridized carbons (Fsp3) is 0.500. The summed E-state index contributed by atoms with van der Waals surface area (Å²) >= 11 is 4.96.